The van der Waals surface area contributed by atoms with Crippen LogP contribution in [0, 0.1) is 0 Å². The highest BCUT2D eigenvalue weighted by Gasteiger charge is 2.11. The van der Waals surface area contributed by atoms with Crippen LogP contribution in [0.25, 0.3) is 0 Å². The molecule has 1 aromatic heterocycles. The molecule has 0 atom stereocenters. The second-order valence-electron chi connectivity index (χ2n) is 4.79. The molecule has 7 heteroatoms. The topological polar surface area (TPSA) is 66.0 Å². The van der Waals surface area contributed by atoms with E-state index in [1.54, 1.807) is 24.3 Å². The molecule has 2 N–H and O–H groups in total. The van der Waals surface area contributed by atoms with Crippen molar-refractivity contribution in [1.82, 2.24) is 14.9 Å². The fraction of sp³-hybridized carbons (Fsp3) is 0.125. The Labute approximate surface area is 143 Å². The fourth-order valence-electron chi connectivity index (χ4n) is 1.90. The molecule has 0 saturated carbocycles. The molecule has 0 spiro atoms. The van der Waals surface area contributed by atoms with E-state index in [4.69, 9.17) is 22.2 Å². The van der Waals surface area contributed by atoms with E-state index < -0.39 is 0 Å². The third-order valence-corrected chi connectivity index (χ3v) is 4.39. The Kier molecular flexibility index (Phi) is 5.05. The summed E-state index contributed by atoms with van der Waals surface area (Å²) in [5, 5.41) is 9.51. The summed E-state index contributed by atoms with van der Waals surface area (Å²) in [5.41, 5.74) is 1.21. The number of hydrogen-bond donors (Lipinski definition) is 1. The Bertz CT molecular complexity index is 762. The van der Waals surface area contributed by atoms with Crippen LogP contribution < -0.4 is 10.6 Å². The van der Waals surface area contributed by atoms with Gasteiger partial charge >= 0.3 is 0 Å². The molecule has 118 valence electrons. The van der Waals surface area contributed by atoms with Gasteiger partial charge in [-0.1, -0.05) is 53.7 Å². The summed E-state index contributed by atoms with van der Waals surface area (Å²) in [6.07, 6.45) is 0. The maximum atomic E-state index is 6.03. The van der Waals surface area contributed by atoms with Gasteiger partial charge in [-0.15, -0.1) is 10.2 Å². The lowest BCUT2D eigenvalue weighted by atomic mass is 10.2. The number of halogens is 1. The zero-order valence-corrected chi connectivity index (χ0v) is 13.8. The van der Waals surface area contributed by atoms with E-state index in [1.165, 1.54) is 22.0 Å². The minimum absolute atomic E-state index is 0.247. The smallest absolute Gasteiger partial charge is 0.210 e. The maximum Gasteiger partial charge on any atom is 0.210 e. The van der Waals surface area contributed by atoms with E-state index in [2.05, 4.69) is 22.3 Å². The van der Waals surface area contributed by atoms with Crippen LogP contribution in [0.5, 0.6) is 5.75 Å². The van der Waals surface area contributed by atoms with Crippen molar-refractivity contribution in [3.63, 3.8) is 0 Å². The Morgan fingerprint density at radius 3 is 2.52 bits per heavy atom. The minimum atomic E-state index is 0.247. The van der Waals surface area contributed by atoms with Gasteiger partial charge in [0.2, 0.25) is 5.16 Å². The van der Waals surface area contributed by atoms with Gasteiger partial charge in [0.25, 0.3) is 0 Å². The summed E-state index contributed by atoms with van der Waals surface area (Å²) in [6.45, 7) is 0.247. The molecular weight excluding hydrogens is 332 g/mol. The Balaban J connectivity index is 1.59. The predicted octanol–water partition coefficient (Wildman–Crippen LogP) is 3.52. The molecule has 2 aromatic carbocycles. The molecule has 5 nitrogen and oxygen atoms in total. The third-order valence-electron chi connectivity index (χ3n) is 3.13. The molecule has 0 radical (unpaired) electrons. The summed E-state index contributed by atoms with van der Waals surface area (Å²) in [7, 11) is 0. The van der Waals surface area contributed by atoms with Crippen LogP contribution in [0.3, 0.4) is 0 Å². The third kappa shape index (κ3) is 4.18. The first-order chi connectivity index (χ1) is 11.2. The van der Waals surface area contributed by atoms with Crippen LogP contribution in [0.2, 0.25) is 5.02 Å². The van der Waals surface area contributed by atoms with Crippen LogP contribution in [0.1, 0.15) is 11.4 Å². The quantitative estimate of drug-likeness (QED) is 0.546. The van der Waals surface area contributed by atoms with E-state index in [0.717, 1.165) is 5.75 Å². The monoisotopic (exact) mass is 346 g/mol. The largest absolute Gasteiger partial charge is 0.486 e. The van der Waals surface area contributed by atoms with Gasteiger partial charge in [0, 0.05) is 10.8 Å². The van der Waals surface area contributed by atoms with Crippen molar-refractivity contribution in [2.75, 3.05) is 5.84 Å². The van der Waals surface area contributed by atoms with Crippen LogP contribution >= 0.6 is 23.4 Å². The molecule has 0 fully saturated rings. The van der Waals surface area contributed by atoms with Crippen molar-refractivity contribution >= 4 is 23.4 Å². The molecule has 0 amide bonds. The Hall–Kier alpha value is -2.18. The summed E-state index contributed by atoms with van der Waals surface area (Å²) in [5.74, 6) is 8.08. The van der Waals surface area contributed by atoms with E-state index in [9.17, 15) is 0 Å². The van der Waals surface area contributed by atoms with Gasteiger partial charge in [-0.2, -0.15) is 0 Å². The number of hydrogen-bond acceptors (Lipinski definition) is 5. The molecule has 0 aliphatic carbocycles. The molecular formula is C16H15ClN4OS. The number of ether oxygens (including phenoxy) is 1. The zero-order chi connectivity index (χ0) is 16.1. The number of aromatic nitrogens is 3. The molecule has 23 heavy (non-hydrogen) atoms. The first kappa shape index (κ1) is 15.7. The average Bonchev–Trinajstić information content (AvgIpc) is 2.93. The van der Waals surface area contributed by atoms with Crippen LogP contribution in [0.4, 0.5) is 0 Å². The first-order valence-electron chi connectivity index (χ1n) is 6.97. The van der Waals surface area contributed by atoms with Gasteiger partial charge in [-0.05, 0) is 29.8 Å². The minimum Gasteiger partial charge on any atom is -0.486 e. The molecule has 0 bridgehead atoms. The summed E-state index contributed by atoms with van der Waals surface area (Å²) < 4.78 is 7.09. The standard InChI is InChI=1S/C16H15ClN4OS/c17-13-6-8-14(9-7-13)22-10-15-19-20-16(21(15)18)23-11-12-4-2-1-3-5-12/h1-9H,10-11,18H2. The number of nitrogen functional groups attached to an aromatic ring is 1. The van der Waals surface area contributed by atoms with E-state index in [1.807, 2.05) is 18.2 Å². The highest BCUT2D eigenvalue weighted by Crippen LogP contribution is 2.21. The molecule has 3 rings (SSSR count). The number of nitrogens with zero attached hydrogens (tertiary/aromatic N) is 3. The Morgan fingerprint density at radius 2 is 1.78 bits per heavy atom. The van der Waals surface area contributed by atoms with Gasteiger partial charge in [0.15, 0.2) is 5.82 Å². The van der Waals surface area contributed by atoms with Crippen molar-refractivity contribution in [2.24, 2.45) is 0 Å². The molecule has 0 unspecified atom stereocenters. The van der Waals surface area contributed by atoms with E-state index in [-0.39, 0.29) is 6.61 Å². The average molecular weight is 347 g/mol. The Morgan fingerprint density at radius 1 is 1.04 bits per heavy atom. The summed E-state index contributed by atoms with van der Waals surface area (Å²) >= 11 is 7.37. The fourth-order valence-corrected chi connectivity index (χ4v) is 2.86. The zero-order valence-electron chi connectivity index (χ0n) is 12.2. The number of nitrogens with two attached hydrogens (primary N) is 1. The van der Waals surface area contributed by atoms with Crippen molar-refractivity contribution in [3.05, 3.63) is 71.0 Å². The van der Waals surface area contributed by atoms with Gasteiger partial charge in [0.05, 0.1) is 0 Å². The SMILES string of the molecule is Nn1c(COc2ccc(Cl)cc2)nnc1SCc1ccccc1. The highest BCUT2D eigenvalue weighted by atomic mass is 35.5. The van der Waals surface area contributed by atoms with Crippen molar-refractivity contribution in [3.8, 4) is 5.75 Å². The van der Waals surface area contributed by atoms with Gasteiger partial charge < -0.3 is 10.6 Å². The second-order valence-corrected chi connectivity index (χ2v) is 6.16. The molecule has 0 saturated heterocycles. The number of thioether (sulfide) groups is 1. The van der Waals surface area contributed by atoms with Gasteiger partial charge in [-0.3, -0.25) is 0 Å². The van der Waals surface area contributed by atoms with E-state index >= 15 is 0 Å². The number of benzene rings is 2. The van der Waals surface area contributed by atoms with Gasteiger partial charge in [-0.25, -0.2) is 4.68 Å². The summed E-state index contributed by atoms with van der Waals surface area (Å²) in [6, 6.07) is 17.3. The molecule has 1 heterocycles. The number of rotatable bonds is 6. The van der Waals surface area contributed by atoms with Crippen molar-refractivity contribution in [2.45, 2.75) is 17.5 Å². The lowest BCUT2D eigenvalue weighted by Gasteiger charge is -2.06. The molecule has 0 aliphatic heterocycles. The summed E-state index contributed by atoms with van der Waals surface area (Å²) in [4.78, 5) is 0. The first-order valence-corrected chi connectivity index (χ1v) is 8.33. The van der Waals surface area contributed by atoms with Gasteiger partial charge in [0.1, 0.15) is 12.4 Å². The predicted molar refractivity (Wildman–Crippen MR) is 92.0 cm³/mol. The van der Waals surface area contributed by atoms with Crippen molar-refractivity contribution in [1.29, 1.82) is 0 Å². The lowest BCUT2D eigenvalue weighted by Crippen LogP contribution is -2.15. The van der Waals surface area contributed by atoms with E-state index in [0.29, 0.717) is 21.8 Å². The molecule has 3 aromatic rings. The van der Waals surface area contributed by atoms with Crippen LogP contribution in [0.15, 0.2) is 59.8 Å². The molecule has 0 aliphatic rings. The van der Waals surface area contributed by atoms with Crippen molar-refractivity contribution < 1.29 is 4.74 Å². The van der Waals surface area contributed by atoms with Crippen LogP contribution in [-0.2, 0) is 12.4 Å². The maximum absolute atomic E-state index is 6.03. The van der Waals surface area contributed by atoms with Crippen LogP contribution in [-0.4, -0.2) is 14.9 Å². The lowest BCUT2D eigenvalue weighted by molar-refractivity contribution is 0.291. The normalized spacial score (nSPS) is 10.7. The highest BCUT2D eigenvalue weighted by molar-refractivity contribution is 7.98. The second kappa shape index (κ2) is 7.39.